The third-order valence-corrected chi connectivity index (χ3v) is 4.53. The molecule has 1 saturated heterocycles. The van der Waals surface area contributed by atoms with Crippen LogP contribution in [0.3, 0.4) is 0 Å². The molecule has 0 spiro atoms. The lowest BCUT2D eigenvalue weighted by molar-refractivity contribution is -0.114. The molecule has 3 rings (SSSR count). The number of rotatable bonds is 5. The second-order valence-electron chi connectivity index (χ2n) is 5.28. The molecule has 0 saturated carbocycles. The molecule has 3 amide bonds. The zero-order valence-electron chi connectivity index (χ0n) is 12.9. The molecule has 0 aliphatic carbocycles. The molecular formula is C17H16FN3O2S. The number of carbonyl (C=O) groups excluding carboxylic acids is 2. The van der Waals surface area contributed by atoms with Gasteiger partial charge in [0.15, 0.2) is 0 Å². The summed E-state index contributed by atoms with van der Waals surface area (Å²) in [6.07, 6.45) is 1.19. The van der Waals surface area contributed by atoms with E-state index in [-0.39, 0.29) is 24.3 Å². The van der Waals surface area contributed by atoms with Crippen LogP contribution in [0.15, 0.2) is 47.7 Å². The van der Waals surface area contributed by atoms with Crippen molar-refractivity contribution in [3.63, 3.8) is 0 Å². The number of nitrogens with one attached hydrogen (secondary N) is 1. The van der Waals surface area contributed by atoms with Gasteiger partial charge in [0.2, 0.25) is 0 Å². The lowest BCUT2D eigenvalue weighted by Crippen LogP contribution is -2.30. The van der Waals surface area contributed by atoms with E-state index >= 15 is 0 Å². The van der Waals surface area contributed by atoms with Gasteiger partial charge in [0.05, 0.1) is 6.54 Å². The van der Waals surface area contributed by atoms with Crippen molar-refractivity contribution in [1.29, 1.82) is 0 Å². The summed E-state index contributed by atoms with van der Waals surface area (Å²) in [5.41, 5.74) is 1.72. The van der Waals surface area contributed by atoms with E-state index in [0.717, 1.165) is 0 Å². The molecule has 124 valence electrons. The van der Waals surface area contributed by atoms with Gasteiger partial charge in [-0.05, 0) is 29.7 Å². The third-order valence-electron chi connectivity index (χ3n) is 3.77. The first-order valence-corrected chi connectivity index (χ1v) is 8.34. The van der Waals surface area contributed by atoms with Crippen molar-refractivity contribution in [2.24, 2.45) is 0 Å². The molecular weight excluding hydrogens is 329 g/mol. The van der Waals surface area contributed by atoms with E-state index in [0.29, 0.717) is 30.0 Å². The molecule has 5 nitrogen and oxygen atoms in total. The van der Waals surface area contributed by atoms with Gasteiger partial charge in [-0.25, -0.2) is 9.18 Å². The van der Waals surface area contributed by atoms with Crippen molar-refractivity contribution in [3.8, 4) is 0 Å². The monoisotopic (exact) mass is 345 g/mol. The highest BCUT2D eigenvalue weighted by Gasteiger charge is 2.23. The SMILES string of the molecule is C=CC(=O)N(Cc1cscc1F)c1cccc(N2CCNC2=O)c1. The van der Waals surface area contributed by atoms with Crippen molar-refractivity contribution in [1.82, 2.24) is 5.32 Å². The smallest absolute Gasteiger partial charge is 0.321 e. The van der Waals surface area contributed by atoms with E-state index in [1.807, 2.05) is 0 Å². The number of hydrogen-bond acceptors (Lipinski definition) is 3. The van der Waals surface area contributed by atoms with Crippen LogP contribution in [0.4, 0.5) is 20.6 Å². The normalized spacial score (nSPS) is 13.7. The highest BCUT2D eigenvalue weighted by Crippen LogP contribution is 2.26. The number of anilines is 2. The summed E-state index contributed by atoms with van der Waals surface area (Å²) in [6.45, 7) is 4.77. The molecule has 2 aromatic rings. The van der Waals surface area contributed by atoms with Crippen LogP contribution in [-0.4, -0.2) is 25.0 Å². The number of halogens is 1. The maximum Gasteiger partial charge on any atom is 0.321 e. The first kappa shape index (κ1) is 16.2. The van der Waals surface area contributed by atoms with E-state index in [4.69, 9.17) is 0 Å². The fourth-order valence-electron chi connectivity index (χ4n) is 2.54. The molecule has 2 heterocycles. The summed E-state index contributed by atoms with van der Waals surface area (Å²) < 4.78 is 13.8. The van der Waals surface area contributed by atoms with E-state index < -0.39 is 0 Å². The van der Waals surface area contributed by atoms with Gasteiger partial charge in [-0.15, -0.1) is 11.3 Å². The molecule has 1 aliphatic rings. The largest absolute Gasteiger partial charge is 0.336 e. The average molecular weight is 345 g/mol. The van der Waals surface area contributed by atoms with Crippen LogP contribution in [0.5, 0.6) is 0 Å². The van der Waals surface area contributed by atoms with Gasteiger partial charge in [0.25, 0.3) is 5.91 Å². The van der Waals surface area contributed by atoms with Gasteiger partial charge < -0.3 is 10.2 Å². The first-order chi connectivity index (χ1) is 11.6. The van der Waals surface area contributed by atoms with Crippen LogP contribution in [-0.2, 0) is 11.3 Å². The molecule has 1 aromatic heterocycles. The molecule has 24 heavy (non-hydrogen) atoms. The molecule has 1 aliphatic heterocycles. The summed E-state index contributed by atoms with van der Waals surface area (Å²) in [7, 11) is 0. The lowest BCUT2D eigenvalue weighted by atomic mass is 10.2. The Morgan fingerprint density at radius 1 is 1.46 bits per heavy atom. The molecule has 0 atom stereocenters. The van der Waals surface area contributed by atoms with Crippen LogP contribution in [0.25, 0.3) is 0 Å². The van der Waals surface area contributed by atoms with E-state index in [9.17, 15) is 14.0 Å². The lowest BCUT2D eigenvalue weighted by Gasteiger charge is -2.23. The molecule has 1 N–H and O–H groups in total. The number of thiophene rings is 1. The molecule has 0 unspecified atom stereocenters. The molecule has 1 fully saturated rings. The summed E-state index contributed by atoms with van der Waals surface area (Å²) in [4.78, 5) is 27.1. The maximum atomic E-state index is 13.8. The summed E-state index contributed by atoms with van der Waals surface area (Å²) in [5, 5.41) is 5.81. The fraction of sp³-hybridized carbons (Fsp3) is 0.176. The third kappa shape index (κ3) is 3.16. The van der Waals surface area contributed by atoms with Gasteiger partial charge in [-0.1, -0.05) is 12.6 Å². The topological polar surface area (TPSA) is 52.7 Å². The van der Waals surface area contributed by atoms with Crippen molar-refractivity contribution < 1.29 is 14.0 Å². The Hall–Kier alpha value is -2.67. The second-order valence-corrected chi connectivity index (χ2v) is 6.02. The van der Waals surface area contributed by atoms with E-state index in [1.54, 1.807) is 34.5 Å². The van der Waals surface area contributed by atoms with Gasteiger partial charge in [-0.3, -0.25) is 9.69 Å². The first-order valence-electron chi connectivity index (χ1n) is 7.40. The zero-order valence-corrected chi connectivity index (χ0v) is 13.7. The highest BCUT2D eigenvalue weighted by atomic mass is 32.1. The van der Waals surface area contributed by atoms with Crippen LogP contribution in [0, 0.1) is 5.82 Å². The summed E-state index contributed by atoms with van der Waals surface area (Å²) in [5.74, 6) is -0.666. The zero-order chi connectivity index (χ0) is 17.1. The predicted molar refractivity (Wildman–Crippen MR) is 92.9 cm³/mol. The second kappa shape index (κ2) is 6.84. The Morgan fingerprint density at radius 3 is 2.92 bits per heavy atom. The minimum absolute atomic E-state index is 0.107. The minimum atomic E-state index is -0.336. The Labute approximate surface area is 143 Å². The average Bonchev–Trinajstić information content (AvgIpc) is 3.20. The van der Waals surface area contributed by atoms with E-state index in [2.05, 4.69) is 11.9 Å². The van der Waals surface area contributed by atoms with Crippen molar-refractivity contribution in [2.75, 3.05) is 22.9 Å². The number of carbonyl (C=O) groups is 2. The molecule has 0 bridgehead atoms. The van der Waals surface area contributed by atoms with Gasteiger partial charge >= 0.3 is 6.03 Å². The Morgan fingerprint density at radius 2 is 2.29 bits per heavy atom. The Balaban J connectivity index is 1.93. The van der Waals surface area contributed by atoms with Crippen molar-refractivity contribution in [3.05, 3.63) is 59.1 Å². The van der Waals surface area contributed by atoms with Crippen LogP contribution in [0.1, 0.15) is 5.56 Å². The fourth-order valence-corrected chi connectivity index (χ4v) is 3.23. The Kier molecular flexibility index (Phi) is 4.61. The van der Waals surface area contributed by atoms with Crippen LogP contribution < -0.4 is 15.1 Å². The highest BCUT2D eigenvalue weighted by molar-refractivity contribution is 7.08. The number of nitrogens with zero attached hydrogens (tertiary/aromatic N) is 2. The van der Waals surface area contributed by atoms with Gasteiger partial charge in [-0.2, -0.15) is 0 Å². The van der Waals surface area contributed by atoms with Crippen LogP contribution >= 0.6 is 11.3 Å². The molecule has 0 radical (unpaired) electrons. The maximum absolute atomic E-state index is 13.8. The number of amides is 3. The minimum Gasteiger partial charge on any atom is -0.336 e. The van der Waals surface area contributed by atoms with Crippen molar-refractivity contribution in [2.45, 2.75) is 6.54 Å². The number of benzene rings is 1. The van der Waals surface area contributed by atoms with Crippen molar-refractivity contribution >= 4 is 34.6 Å². The predicted octanol–water partition coefficient (Wildman–Crippen LogP) is 3.14. The van der Waals surface area contributed by atoms with Crippen LogP contribution in [0.2, 0.25) is 0 Å². The summed E-state index contributed by atoms with van der Waals surface area (Å²) >= 11 is 1.25. The standard InChI is InChI=1S/C17H16FN3O2S/c1-2-16(22)21(9-12-10-24-11-15(12)18)14-5-3-4-13(8-14)20-7-6-19-17(20)23/h2-5,8,10-11H,1,6-7,9H2,(H,19,23). The number of hydrogen-bond donors (Lipinski definition) is 1. The van der Waals surface area contributed by atoms with Gasteiger partial charge in [0.1, 0.15) is 5.82 Å². The quantitative estimate of drug-likeness (QED) is 0.847. The number of urea groups is 1. The van der Waals surface area contributed by atoms with E-state index in [1.165, 1.54) is 27.7 Å². The molecule has 1 aromatic carbocycles. The molecule has 7 heteroatoms. The summed E-state index contributed by atoms with van der Waals surface area (Å²) in [6, 6.07) is 6.90. The van der Waals surface area contributed by atoms with Gasteiger partial charge in [0, 0.05) is 35.4 Å². The Bertz CT molecular complexity index is 790.